The SMILES string of the molecule is Cc1cc(-c2nc(N)c3cc(NC4=NCC(F)(F)CN4)ccc3n2)ccc1Oc1cc2nncn2cn1. The minimum absolute atomic E-state index is 0.274. The van der Waals surface area contributed by atoms with Gasteiger partial charge in [0.2, 0.25) is 5.88 Å². The van der Waals surface area contributed by atoms with Crippen LogP contribution in [0.25, 0.3) is 27.9 Å². The maximum atomic E-state index is 13.3. The minimum atomic E-state index is -2.85. The van der Waals surface area contributed by atoms with E-state index < -0.39 is 19.0 Å². The first-order valence-corrected chi connectivity index (χ1v) is 11.3. The summed E-state index contributed by atoms with van der Waals surface area (Å²) in [6, 6.07) is 12.6. The monoisotopic (exact) mass is 502 g/mol. The van der Waals surface area contributed by atoms with E-state index in [1.807, 2.05) is 25.1 Å². The van der Waals surface area contributed by atoms with Crippen LogP contribution < -0.4 is 21.1 Å². The number of aromatic nitrogens is 6. The largest absolute Gasteiger partial charge is 0.439 e. The van der Waals surface area contributed by atoms with Gasteiger partial charge < -0.3 is 21.1 Å². The molecule has 0 spiro atoms. The Labute approximate surface area is 208 Å². The number of hydrogen-bond acceptors (Lipinski definition) is 10. The second kappa shape index (κ2) is 8.62. The molecule has 13 heteroatoms. The normalized spacial score (nSPS) is 14.8. The van der Waals surface area contributed by atoms with Crippen molar-refractivity contribution in [2.75, 3.05) is 24.1 Å². The van der Waals surface area contributed by atoms with Crippen LogP contribution in [-0.2, 0) is 0 Å². The summed E-state index contributed by atoms with van der Waals surface area (Å²) in [6.07, 6.45) is 3.14. The number of ether oxygens (including phenoxy) is 1. The number of nitrogens with two attached hydrogens (primary N) is 1. The van der Waals surface area contributed by atoms with Gasteiger partial charge in [-0.25, -0.2) is 28.7 Å². The molecule has 1 aliphatic rings. The van der Waals surface area contributed by atoms with Crippen molar-refractivity contribution in [1.29, 1.82) is 0 Å². The second-order valence-electron chi connectivity index (χ2n) is 8.57. The Morgan fingerprint density at radius 3 is 2.81 bits per heavy atom. The number of anilines is 2. The van der Waals surface area contributed by atoms with Crippen molar-refractivity contribution in [1.82, 2.24) is 34.9 Å². The van der Waals surface area contributed by atoms with Crippen LogP contribution >= 0.6 is 0 Å². The molecule has 4 heterocycles. The Balaban J connectivity index is 1.24. The Morgan fingerprint density at radius 1 is 1.11 bits per heavy atom. The molecule has 2 aromatic carbocycles. The maximum absolute atomic E-state index is 13.3. The zero-order valence-electron chi connectivity index (χ0n) is 19.5. The number of aryl methyl sites for hydroxylation is 1. The molecule has 0 atom stereocenters. The Kier molecular flexibility index (Phi) is 5.25. The van der Waals surface area contributed by atoms with E-state index in [4.69, 9.17) is 10.5 Å². The predicted octanol–water partition coefficient (Wildman–Crippen LogP) is 3.42. The molecule has 0 fully saturated rings. The molecule has 3 aromatic heterocycles. The lowest BCUT2D eigenvalue weighted by atomic mass is 10.1. The fourth-order valence-electron chi connectivity index (χ4n) is 3.88. The Hall–Kier alpha value is -4.94. The van der Waals surface area contributed by atoms with Gasteiger partial charge >= 0.3 is 0 Å². The number of benzene rings is 2. The van der Waals surface area contributed by atoms with Crippen LogP contribution in [0.15, 0.2) is 60.1 Å². The average molecular weight is 502 g/mol. The van der Waals surface area contributed by atoms with Gasteiger partial charge in [0.15, 0.2) is 17.4 Å². The topological polar surface area (TPSA) is 141 Å². The maximum Gasteiger partial charge on any atom is 0.284 e. The van der Waals surface area contributed by atoms with Gasteiger partial charge in [-0.05, 0) is 48.9 Å². The lowest BCUT2D eigenvalue weighted by Crippen LogP contribution is -2.46. The zero-order valence-corrected chi connectivity index (χ0v) is 19.5. The van der Waals surface area contributed by atoms with Crippen LogP contribution in [0.3, 0.4) is 0 Å². The Morgan fingerprint density at radius 2 is 2.00 bits per heavy atom. The summed E-state index contributed by atoms with van der Waals surface area (Å²) in [5, 5.41) is 14.0. The van der Waals surface area contributed by atoms with Crippen LogP contribution in [0.5, 0.6) is 11.6 Å². The third-order valence-electron chi connectivity index (χ3n) is 5.78. The fourth-order valence-corrected chi connectivity index (χ4v) is 3.88. The summed E-state index contributed by atoms with van der Waals surface area (Å²) < 4.78 is 34.2. The van der Waals surface area contributed by atoms with Crippen molar-refractivity contribution in [2.45, 2.75) is 12.8 Å². The van der Waals surface area contributed by atoms with Crippen molar-refractivity contribution < 1.29 is 13.5 Å². The number of nitrogens with one attached hydrogen (secondary N) is 2. The highest BCUT2D eigenvalue weighted by atomic mass is 19.3. The van der Waals surface area contributed by atoms with E-state index in [0.717, 1.165) is 11.1 Å². The van der Waals surface area contributed by atoms with Gasteiger partial charge in [-0.15, -0.1) is 10.2 Å². The number of halogens is 2. The number of rotatable bonds is 4. The quantitative estimate of drug-likeness (QED) is 0.337. The molecule has 4 N–H and O–H groups in total. The molecule has 37 heavy (non-hydrogen) atoms. The molecule has 0 saturated carbocycles. The van der Waals surface area contributed by atoms with Crippen LogP contribution in [0.1, 0.15) is 5.56 Å². The molecular formula is C24H20F2N10O. The summed E-state index contributed by atoms with van der Waals surface area (Å²) >= 11 is 0. The van der Waals surface area contributed by atoms with E-state index in [0.29, 0.717) is 39.7 Å². The van der Waals surface area contributed by atoms with E-state index in [-0.39, 0.29) is 11.8 Å². The molecule has 11 nitrogen and oxygen atoms in total. The molecule has 0 amide bonds. The average Bonchev–Trinajstić information content (AvgIpc) is 3.35. The van der Waals surface area contributed by atoms with E-state index >= 15 is 0 Å². The van der Waals surface area contributed by atoms with Crippen LogP contribution in [-0.4, -0.2) is 54.5 Å². The van der Waals surface area contributed by atoms with Crippen molar-refractivity contribution in [3.05, 3.63) is 60.7 Å². The number of alkyl halides is 2. The molecule has 0 bridgehead atoms. The predicted molar refractivity (Wildman–Crippen MR) is 134 cm³/mol. The fraction of sp³-hybridized carbons (Fsp3) is 0.167. The van der Waals surface area contributed by atoms with Crippen LogP contribution in [0, 0.1) is 6.92 Å². The molecule has 0 unspecified atom stereocenters. The highest BCUT2D eigenvalue weighted by molar-refractivity contribution is 5.98. The first kappa shape index (κ1) is 22.5. The van der Waals surface area contributed by atoms with Gasteiger partial charge in [0.1, 0.15) is 30.8 Å². The number of nitrogen functional groups attached to an aromatic ring is 1. The van der Waals surface area contributed by atoms with Gasteiger partial charge in [0, 0.05) is 22.7 Å². The molecular weight excluding hydrogens is 482 g/mol. The molecule has 1 aliphatic heterocycles. The van der Waals surface area contributed by atoms with Crippen LogP contribution in [0.4, 0.5) is 20.3 Å². The molecule has 0 radical (unpaired) electrons. The van der Waals surface area contributed by atoms with E-state index in [2.05, 4.69) is 40.8 Å². The van der Waals surface area contributed by atoms with E-state index in [1.54, 1.807) is 41.3 Å². The summed E-state index contributed by atoms with van der Waals surface area (Å²) in [5.41, 5.74) is 9.79. The molecule has 186 valence electrons. The highest BCUT2D eigenvalue weighted by Crippen LogP contribution is 2.30. The van der Waals surface area contributed by atoms with Gasteiger partial charge in [-0.1, -0.05) is 0 Å². The first-order valence-electron chi connectivity index (χ1n) is 11.3. The third-order valence-corrected chi connectivity index (χ3v) is 5.78. The zero-order chi connectivity index (χ0) is 25.6. The smallest absolute Gasteiger partial charge is 0.284 e. The molecule has 6 rings (SSSR count). The number of guanidine groups is 1. The number of fused-ring (bicyclic) bond motifs is 2. The van der Waals surface area contributed by atoms with Gasteiger partial charge in [-0.3, -0.25) is 4.40 Å². The third kappa shape index (κ3) is 4.53. The number of aliphatic imine (C=N–C) groups is 1. The van der Waals surface area contributed by atoms with Gasteiger partial charge in [0.25, 0.3) is 5.92 Å². The first-order chi connectivity index (χ1) is 17.8. The standard InChI is InChI=1S/C24H20F2N10O/c1-13-6-14(2-5-18(13)37-20-8-19-35-31-12-36(19)11-30-20)22-33-17-4-3-15(7-16(17)21(27)34-22)32-23-28-9-24(25,26)10-29-23/h2-8,11-12H,9-10H2,1H3,(H2,27,33,34)(H2,28,29,32). The summed E-state index contributed by atoms with van der Waals surface area (Å²) in [5.74, 6) is -0.802. The van der Waals surface area contributed by atoms with Gasteiger partial charge in [-0.2, -0.15) is 0 Å². The number of hydrogen-bond donors (Lipinski definition) is 3. The molecule has 0 saturated heterocycles. The van der Waals surface area contributed by atoms with Crippen LogP contribution in [0.2, 0.25) is 0 Å². The van der Waals surface area contributed by atoms with Crippen molar-refractivity contribution in [3.63, 3.8) is 0 Å². The molecule has 5 aromatic rings. The van der Waals surface area contributed by atoms with Crippen molar-refractivity contribution in [3.8, 4) is 23.0 Å². The minimum Gasteiger partial charge on any atom is -0.439 e. The summed E-state index contributed by atoms with van der Waals surface area (Å²) in [6.45, 7) is 0.869. The molecule has 0 aliphatic carbocycles. The second-order valence-corrected chi connectivity index (χ2v) is 8.57. The van der Waals surface area contributed by atoms with Crippen molar-refractivity contribution >= 4 is 34.0 Å². The van der Waals surface area contributed by atoms with E-state index in [9.17, 15) is 8.78 Å². The Bertz CT molecular complexity index is 1680. The lowest BCUT2D eigenvalue weighted by molar-refractivity contribution is 0.0125. The summed E-state index contributed by atoms with van der Waals surface area (Å²) in [7, 11) is 0. The van der Waals surface area contributed by atoms with Crippen molar-refractivity contribution in [2.24, 2.45) is 4.99 Å². The summed E-state index contributed by atoms with van der Waals surface area (Å²) in [4.78, 5) is 17.3. The number of nitrogens with zero attached hydrogens (tertiary/aromatic N) is 7. The lowest BCUT2D eigenvalue weighted by Gasteiger charge is -2.23. The van der Waals surface area contributed by atoms with Gasteiger partial charge in [0.05, 0.1) is 12.1 Å². The van der Waals surface area contributed by atoms with E-state index in [1.165, 1.54) is 0 Å². The highest BCUT2D eigenvalue weighted by Gasteiger charge is 2.32.